The summed E-state index contributed by atoms with van der Waals surface area (Å²) >= 11 is 0. The van der Waals surface area contributed by atoms with E-state index in [-0.39, 0.29) is 5.92 Å². The fourth-order valence-corrected chi connectivity index (χ4v) is 2.00. The van der Waals surface area contributed by atoms with Crippen molar-refractivity contribution in [3.05, 3.63) is 35.4 Å². The summed E-state index contributed by atoms with van der Waals surface area (Å²) in [7, 11) is 0. The molecule has 0 aromatic heterocycles. The largest absolute Gasteiger partial charge is 0.314 e. The molecule has 78 valence electrons. The number of halogens is 1. The monoisotopic (exact) mass is 204 g/mol. The lowest BCUT2D eigenvalue weighted by atomic mass is 9.88. The predicted octanol–water partition coefficient (Wildman–Crippen LogP) is 1.97. The maximum atomic E-state index is 13.6. The number of rotatable bonds is 1. The van der Waals surface area contributed by atoms with Crippen LogP contribution in [0.25, 0.3) is 0 Å². The van der Waals surface area contributed by atoms with Crippen molar-refractivity contribution in [2.45, 2.75) is 18.5 Å². The van der Waals surface area contributed by atoms with Gasteiger partial charge in [0, 0.05) is 12.5 Å². The number of hydrogen-bond donors (Lipinski definition) is 1. The van der Waals surface area contributed by atoms with Crippen molar-refractivity contribution in [2.24, 2.45) is 0 Å². The molecule has 2 unspecified atom stereocenters. The number of alkyl halides is 1. The highest BCUT2D eigenvalue weighted by atomic mass is 19.1. The molecular weight excluding hydrogens is 191 g/mol. The Labute approximate surface area is 88.7 Å². The van der Waals surface area contributed by atoms with Crippen LogP contribution in [0.5, 0.6) is 0 Å². The molecule has 1 saturated heterocycles. The lowest BCUT2D eigenvalue weighted by molar-refractivity contribution is 0.231. The van der Waals surface area contributed by atoms with Gasteiger partial charge in [-0.15, -0.1) is 0 Å². The van der Waals surface area contributed by atoms with Gasteiger partial charge in [0.1, 0.15) is 6.17 Å². The third-order valence-electron chi connectivity index (χ3n) is 2.88. The van der Waals surface area contributed by atoms with Crippen LogP contribution in [0.4, 0.5) is 4.39 Å². The average Bonchev–Trinajstić information content (AvgIpc) is 2.30. The van der Waals surface area contributed by atoms with Gasteiger partial charge >= 0.3 is 0 Å². The maximum Gasteiger partial charge on any atom is 0.119 e. The Balaban J connectivity index is 2.18. The normalized spacial score (nSPS) is 25.9. The van der Waals surface area contributed by atoms with Gasteiger partial charge in [-0.3, -0.25) is 0 Å². The Morgan fingerprint density at radius 1 is 1.33 bits per heavy atom. The molecule has 3 heteroatoms. The molecule has 1 aliphatic heterocycles. The Morgan fingerprint density at radius 3 is 2.67 bits per heavy atom. The van der Waals surface area contributed by atoms with E-state index in [9.17, 15) is 4.39 Å². The summed E-state index contributed by atoms with van der Waals surface area (Å²) in [5.41, 5.74) is 1.63. The lowest BCUT2D eigenvalue weighted by Gasteiger charge is -2.26. The van der Waals surface area contributed by atoms with Crippen LogP contribution in [0.3, 0.4) is 0 Å². The molecule has 1 heterocycles. The predicted molar refractivity (Wildman–Crippen MR) is 56.3 cm³/mol. The Bertz CT molecular complexity index is 366. The molecule has 0 saturated carbocycles. The van der Waals surface area contributed by atoms with Crippen LogP contribution in [0, 0.1) is 11.3 Å². The van der Waals surface area contributed by atoms with Gasteiger partial charge in [-0.1, -0.05) is 12.1 Å². The highest BCUT2D eigenvalue weighted by Gasteiger charge is 2.25. The first-order chi connectivity index (χ1) is 7.31. The van der Waals surface area contributed by atoms with Crippen LogP contribution in [-0.2, 0) is 0 Å². The molecule has 1 aromatic carbocycles. The summed E-state index contributed by atoms with van der Waals surface area (Å²) in [4.78, 5) is 0. The minimum Gasteiger partial charge on any atom is -0.314 e. The standard InChI is InChI=1S/C12H13FN2/c13-12-8-15-6-5-11(12)10-3-1-9(7-14)2-4-10/h1-4,11-12,15H,5-6,8H2. The van der Waals surface area contributed by atoms with E-state index in [1.54, 1.807) is 12.1 Å². The number of benzene rings is 1. The van der Waals surface area contributed by atoms with Crippen LogP contribution >= 0.6 is 0 Å². The van der Waals surface area contributed by atoms with E-state index in [2.05, 4.69) is 11.4 Å². The summed E-state index contributed by atoms with van der Waals surface area (Å²) in [6.45, 7) is 1.30. The van der Waals surface area contributed by atoms with E-state index in [0.29, 0.717) is 12.1 Å². The minimum absolute atomic E-state index is 0.0148. The van der Waals surface area contributed by atoms with Gasteiger partial charge in [0.25, 0.3) is 0 Å². The third kappa shape index (κ3) is 2.16. The fourth-order valence-electron chi connectivity index (χ4n) is 2.00. The molecule has 1 fully saturated rings. The quantitative estimate of drug-likeness (QED) is 0.759. The summed E-state index contributed by atoms with van der Waals surface area (Å²) in [5, 5.41) is 11.7. The average molecular weight is 204 g/mol. The van der Waals surface area contributed by atoms with Crippen molar-refractivity contribution >= 4 is 0 Å². The molecule has 2 rings (SSSR count). The van der Waals surface area contributed by atoms with Crippen molar-refractivity contribution in [1.82, 2.24) is 5.32 Å². The smallest absolute Gasteiger partial charge is 0.119 e. The van der Waals surface area contributed by atoms with Crippen LogP contribution in [0.1, 0.15) is 23.5 Å². The van der Waals surface area contributed by atoms with Crippen LogP contribution in [0.15, 0.2) is 24.3 Å². The molecule has 0 bridgehead atoms. The SMILES string of the molecule is N#Cc1ccc(C2CCNCC2F)cc1. The first-order valence-electron chi connectivity index (χ1n) is 5.16. The summed E-state index contributed by atoms with van der Waals surface area (Å²) in [6.07, 6.45) is 0.0132. The molecule has 2 nitrogen and oxygen atoms in total. The minimum atomic E-state index is -0.813. The molecule has 0 aliphatic carbocycles. The third-order valence-corrected chi connectivity index (χ3v) is 2.88. The van der Waals surface area contributed by atoms with E-state index in [0.717, 1.165) is 18.5 Å². The molecule has 15 heavy (non-hydrogen) atoms. The molecule has 1 aromatic rings. The second kappa shape index (κ2) is 4.41. The zero-order valence-electron chi connectivity index (χ0n) is 8.41. The molecule has 0 spiro atoms. The maximum absolute atomic E-state index is 13.6. The highest BCUT2D eigenvalue weighted by Crippen LogP contribution is 2.27. The first kappa shape index (κ1) is 10.1. The number of hydrogen-bond acceptors (Lipinski definition) is 2. The Hall–Kier alpha value is -1.40. The van der Waals surface area contributed by atoms with Crippen LogP contribution in [0.2, 0.25) is 0 Å². The second-order valence-electron chi connectivity index (χ2n) is 3.85. The number of nitrogens with zero attached hydrogens (tertiary/aromatic N) is 1. The molecule has 1 aliphatic rings. The Morgan fingerprint density at radius 2 is 2.07 bits per heavy atom. The van der Waals surface area contributed by atoms with Gasteiger partial charge in [-0.2, -0.15) is 5.26 Å². The number of nitrogens with one attached hydrogen (secondary N) is 1. The van der Waals surface area contributed by atoms with Gasteiger partial charge in [-0.05, 0) is 30.7 Å². The zero-order chi connectivity index (χ0) is 10.7. The van der Waals surface area contributed by atoms with Crippen molar-refractivity contribution < 1.29 is 4.39 Å². The van der Waals surface area contributed by atoms with Crippen LogP contribution in [-0.4, -0.2) is 19.3 Å². The molecular formula is C12H13FN2. The molecule has 2 atom stereocenters. The lowest BCUT2D eigenvalue weighted by Crippen LogP contribution is -2.36. The Kier molecular flexibility index (Phi) is 2.98. The highest BCUT2D eigenvalue weighted by molar-refractivity contribution is 5.33. The van der Waals surface area contributed by atoms with Crippen molar-refractivity contribution in [1.29, 1.82) is 5.26 Å². The summed E-state index contributed by atoms with van der Waals surface area (Å²) in [6, 6.07) is 9.29. The summed E-state index contributed by atoms with van der Waals surface area (Å²) < 4.78 is 13.6. The van der Waals surface area contributed by atoms with Crippen molar-refractivity contribution in [3.63, 3.8) is 0 Å². The number of nitriles is 1. The van der Waals surface area contributed by atoms with Gasteiger partial charge in [0.05, 0.1) is 11.6 Å². The van der Waals surface area contributed by atoms with Gasteiger partial charge in [0.15, 0.2) is 0 Å². The fraction of sp³-hybridized carbons (Fsp3) is 0.417. The summed E-state index contributed by atoms with van der Waals surface area (Å²) in [5.74, 6) is -0.0148. The van der Waals surface area contributed by atoms with E-state index < -0.39 is 6.17 Å². The first-order valence-corrected chi connectivity index (χ1v) is 5.16. The van der Waals surface area contributed by atoms with Gasteiger partial charge in [0.2, 0.25) is 0 Å². The van der Waals surface area contributed by atoms with Gasteiger partial charge < -0.3 is 5.32 Å². The van der Waals surface area contributed by atoms with E-state index in [1.807, 2.05) is 12.1 Å². The molecule has 0 amide bonds. The zero-order valence-corrected chi connectivity index (χ0v) is 8.41. The van der Waals surface area contributed by atoms with E-state index in [4.69, 9.17) is 5.26 Å². The topological polar surface area (TPSA) is 35.8 Å². The van der Waals surface area contributed by atoms with Crippen molar-refractivity contribution in [2.75, 3.05) is 13.1 Å². The molecule has 0 radical (unpaired) electrons. The van der Waals surface area contributed by atoms with E-state index in [1.165, 1.54) is 0 Å². The van der Waals surface area contributed by atoms with Gasteiger partial charge in [-0.25, -0.2) is 4.39 Å². The van der Waals surface area contributed by atoms with Crippen LogP contribution < -0.4 is 5.32 Å². The number of piperidine rings is 1. The van der Waals surface area contributed by atoms with E-state index >= 15 is 0 Å². The molecule has 1 N–H and O–H groups in total. The second-order valence-corrected chi connectivity index (χ2v) is 3.85. The van der Waals surface area contributed by atoms with Crippen molar-refractivity contribution in [3.8, 4) is 6.07 Å².